The third-order valence-corrected chi connectivity index (χ3v) is 2.44. The van der Waals surface area contributed by atoms with Gasteiger partial charge in [-0.05, 0) is 19.1 Å². The monoisotopic (exact) mass is 202 g/mol. The van der Waals surface area contributed by atoms with Gasteiger partial charge in [-0.1, -0.05) is 30.3 Å². The van der Waals surface area contributed by atoms with Gasteiger partial charge in [-0.2, -0.15) is 0 Å². The van der Waals surface area contributed by atoms with Crippen molar-refractivity contribution in [2.75, 3.05) is 7.11 Å². The van der Waals surface area contributed by atoms with E-state index in [4.69, 9.17) is 9.15 Å². The molecule has 0 saturated carbocycles. The minimum atomic E-state index is 0.00228. The molecule has 0 aliphatic carbocycles. The van der Waals surface area contributed by atoms with Crippen molar-refractivity contribution in [3.8, 4) is 11.3 Å². The number of furan rings is 1. The Bertz CT molecular complexity index is 417. The molecule has 2 nitrogen and oxygen atoms in total. The molecule has 0 N–H and O–H groups in total. The van der Waals surface area contributed by atoms with Gasteiger partial charge in [0, 0.05) is 12.7 Å². The molecule has 0 radical (unpaired) electrons. The minimum Gasteiger partial charge on any atom is -0.458 e. The molecule has 0 amide bonds. The van der Waals surface area contributed by atoms with Crippen LogP contribution < -0.4 is 0 Å². The van der Waals surface area contributed by atoms with Crippen LogP contribution in [0.4, 0.5) is 0 Å². The molecule has 0 aliphatic heterocycles. The molecule has 0 saturated heterocycles. The fraction of sp³-hybridized carbons (Fsp3) is 0.231. The molecule has 0 spiro atoms. The fourth-order valence-corrected chi connectivity index (χ4v) is 1.45. The summed E-state index contributed by atoms with van der Waals surface area (Å²) in [5.74, 6) is 1.74. The summed E-state index contributed by atoms with van der Waals surface area (Å²) in [6, 6.07) is 14.0. The van der Waals surface area contributed by atoms with Crippen molar-refractivity contribution in [3.05, 3.63) is 48.2 Å². The molecular weight excluding hydrogens is 188 g/mol. The Labute approximate surface area is 89.5 Å². The second-order valence-corrected chi connectivity index (χ2v) is 3.45. The number of methoxy groups -OCH3 is 1. The highest BCUT2D eigenvalue weighted by atomic mass is 16.5. The lowest BCUT2D eigenvalue weighted by molar-refractivity contribution is 0.100. The van der Waals surface area contributed by atoms with Gasteiger partial charge in [0.1, 0.15) is 17.6 Å². The zero-order valence-corrected chi connectivity index (χ0v) is 8.94. The summed E-state index contributed by atoms with van der Waals surface area (Å²) in [6.07, 6.45) is 0.00228. The Morgan fingerprint density at radius 3 is 2.47 bits per heavy atom. The van der Waals surface area contributed by atoms with Gasteiger partial charge < -0.3 is 9.15 Å². The topological polar surface area (TPSA) is 22.4 Å². The second kappa shape index (κ2) is 4.32. The van der Waals surface area contributed by atoms with Crippen LogP contribution in [0.2, 0.25) is 0 Å². The van der Waals surface area contributed by atoms with E-state index in [1.54, 1.807) is 7.11 Å². The van der Waals surface area contributed by atoms with E-state index in [9.17, 15) is 0 Å². The van der Waals surface area contributed by atoms with E-state index in [1.165, 1.54) is 0 Å². The van der Waals surface area contributed by atoms with E-state index in [0.717, 1.165) is 17.1 Å². The van der Waals surface area contributed by atoms with Crippen LogP contribution >= 0.6 is 0 Å². The number of ether oxygens (including phenoxy) is 1. The van der Waals surface area contributed by atoms with Crippen molar-refractivity contribution in [1.29, 1.82) is 0 Å². The van der Waals surface area contributed by atoms with E-state index in [-0.39, 0.29) is 6.10 Å². The van der Waals surface area contributed by atoms with Crippen LogP contribution in [0.3, 0.4) is 0 Å². The van der Waals surface area contributed by atoms with Gasteiger partial charge in [0.2, 0.25) is 0 Å². The standard InChI is InChI=1S/C13H14O2/c1-10(14-2)12-8-9-13(15-12)11-6-4-3-5-7-11/h3-10H,1-2H3. The summed E-state index contributed by atoms with van der Waals surface area (Å²) in [7, 11) is 1.68. The molecule has 0 bridgehead atoms. The van der Waals surface area contributed by atoms with Crippen LogP contribution in [0.25, 0.3) is 11.3 Å². The molecule has 0 fully saturated rings. The highest BCUT2D eigenvalue weighted by molar-refractivity contribution is 5.57. The van der Waals surface area contributed by atoms with Crippen LogP contribution in [-0.4, -0.2) is 7.11 Å². The van der Waals surface area contributed by atoms with Crippen molar-refractivity contribution in [2.24, 2.45) is 0 Å². The molecule has 1 atom stereocenters. The highest BCUT2D eigenvalue weighted by Gasteiger charge is 2.09. The lowest BCUT2D eigenvalue weighted by Gasteiger charge is -2.04. The van der Waals surface area contributed by atoms with Crippen molar-refractivity contribution in [2.45, 2.75) is 13.0 Å². The average Bonchev–Trinajstić information content (AvgIpc) is 2.78. The van der Waals surface area contributed by atoms with Gasteiger partial charge in [0.05, 0.1) is 0 Å². The van der Waals surface area contributed by atoms with Crippen LogP contribution in [0.15, 0.2) is 46.9 Å². The first kappa shape index (κ1) is 9.99. The van der Waals surface area contributed by atoms with Gasteiger partial charge in [0.25, 0.3) is 0 Å². The summed E-state index contributed by atoms with van der Waals surface area (Å²) in [4.78, 5) is 0. The zero-order chi connectivity index (χ0) is 10.7. The lowest BCUT2D eigenvalue weighted by atomic mass is 10.2. The summed E-state index contributed by atoms with van der Waals surface area (Å²) >= 11 is 0. The van der Waals surface area contributed by atoms with Crippen LogP contribution in [0.5, 0.6) is 0 Å². The smallest absolute Gasteiger partial charge is 0.134 e. The van der Waals surface area contributed by atoms with Crippen molar-refractivity contribution in [1.82, 2.24) is 0 Å². The molecule has 1 unspecified atom stereocenters. The third kappa shape index (κ3) is 2.10. The predicted molar refractivity (Wildman–Crippen MR) is 59.6 cm³/mol. The normalized spacial score (nSPS) is 12.7. The Hall–Kier alpha value is -1.54. The maximum atomic E-state index is 5.70. The summed E-state index contributed by atoms with van der Waals surface area (Å²) in [5.41, 5.74) is 1.09. The van der Waals surface area contributed by atoms with E-state index in [1.807, 2.05) is 49.4 Å². The molecule has 1 aromatic heterocycles. The molecule has 2 rings (SSSR count). The Morgan fingerprint density at radius 2 is 1.80 bits per heavy atom. The number of hydrogen-bond donors (Lipinski definition) is 0. The van der Waals surface area contributed by atoms with E-state index in [0.29, 0.717) is 0 Å². The Balaban J connectivity index is 2.28. The molecule has 2 heteroatoms. The van der Waals surface area contributed by atoms with Gasteiger partial charge in [-0.25, -0.2) is 0 Å². The largest absolute Gasteiger partial charge is 0.458 e. The van der Waals surface area contributed by atoms with E-state index < -0.39 is 0 Å². The molecular formula is C13H14O2. The summed E-state index contributed by atoms with van der Waals surface area (Å²) < 4.78 is 10.9. The van der Waals surface area contributed by atoms with Gasteiger partial charge in [0.15, 0.2) is 0 Å². The number of rotatable bonds is 3. The van der Waals surface area contributed by atoms with E-state index >= 15 is 0 Å². The van der Waals surface area contributed by atoms with Crippen molar-refractivity contribution in [3.63, 3.8) is 0 Å². The third-order valence-electron chi connectivity index (χ3n) is 2.44. The van der Waals surface area contributed by atoms with Crippen molar-refractivity contribution >= 4 is 0 Å². The SMILES string of the molecule is COC(C)c1ccc(-c2ccccc2)o1. The highest BCUT2D eigenvalue weighted by Crippen LogP contribution is 2.25. The fourth-order valence-electron chi connectivity index (χ4n) is 1.45. The molecule has 1 heterocycles. The maximum Gasteiger partial charge on any atom is 0.134 e. The van der Waals surface area contributed by atoms with Crippen LogP contribution in [-0.2, 0) is 4.74 Å². The second-order valence-electron chi connectivity index (χ2n) is 3.45. The molecule has 1 aromatic carbocycles. The first-order valence-corrected chi connectivity index (χ1v) is 4.99. The van der Waals surface area contributed by atoms with Crippen molar-refractivity contribution < 1.29 is 9.15 Å². The van der Waals surface area contributed by atoms with Gasteiger partial charge >= 0.3 is 0 Å². The molecule has 0 aliphatic rings. The van der Waals surface area contributed by atoms with Gasteiger partial charge in [-0.15, -0.1) is 0 Å². The van der Waals surface area contributed by atoms with E-state index in [2.05, 4.69) is 0 Å². The first-order chi connectivity index (χ1) is 7.31. The summed E-state index contributed by atoms with van der Waals surface area (Å²) in [6.45, 7) is 1.97. The molecule has 15 heavy (non-hydrogen) atoms. The molecule has 78 valence electrons. The average molecular weight is 202 g/mol. The Kier molecular flexibility index (Phi) is 2.88. The summed E-state index contributed by atoms with van der Waals surface area (Å²) in [5, 5.41) is 0. The van der Waals surface area contributed by atoms with Crippen LogP contribution in [0, 0.1) is 0 Å². The molecule has 2 aromatic rings. The quantitative estimate of drug-likeness (QED) is 0.758. The lowest BCUT2D eigenvalue weighted by Crippen LogP contribution is -1.92. The van der Waals surface area contributed by atoms with Crippen LogP contribution in [0.1, 0.15) is 18.8 Å². The predicted octanol–water partition coefficient (Wildman–Crippen LogP) is 3.65. The van der Waals surface area contributed by atoms with Gasteiger partial charge in [-0.3, -0.25) is 0 Å². The zero-order valence-electron chi connectivity index (χ0n) is 8.94. The number of hydrogen-bond acceptors (Lipinski definition) is 2. The first-order valence-electron chi connectivity index (χ1n) is 4.99. The number of benzene rings is 1. The Morgan fingerprint density at radius 1 is 1.07 bits per heavy atom. The maximum absolute atomic E-state index is 5.70. The minimum absolute atomic E-state index is 0.00228.